The van der Waals surface area contributed by atoms with Gasteiger partial charge in [0.2, 0.25) is 6.61 Å². The highest BCUT2D eigenvalue weighted by Gasteiger charge is 2.55. The Hall–Kier alpha value is -7.56. The van der Waals surface area contributed by atoms with Gasteiger partial charge in [0, 0.05) is 23.6 Å². The van der Waals surface area contributed by atoms with Crippen LogP contribution in [0.25, 0.3) is 0 Å². The third-order valence-electron chi connectivity index (χ3n) is 11.0. The number of nitrogens with zero attached hydrogens (tertiary/aromatic N) is 3. The zero-order valence-corrected chi connectivity index (χ0v) is 39.8. The van der Waals surface area contributed by atoms with E-state index in [1.54, 1.807) is 26.2 Å². The van der Waals surface area contributed by atoms with Gasteiger partial charge >= 0.3 is 17.9 Å². The number of ether oxygens (including phenoxy) is 3. The van der Waals surface area contributed by atoms with E-state index in [0.29, 0.717) is 21.8 Å². The molecule has 0 saturated carbocycles. The topological polar surface area (TPSA) is 175 Å². The molecule has 2 N–H and O–H groups in total. The SMILES string of the molecule is CC(=O)OCC1=C(C(=O)OC(c2ccccc2)c2ccccc2)N2C(=O)C(NC(=O)C(=NOCC(=O)OC(C)(C)C)c3csc(NC(c4ccccc4)(c4ccccc4)c4ccccc4)n3)[C@H]2SC1. The average Bonchev–Trinajstić information content (AvgIpc) is 3.82. The Morgan fingerprint density at radius 2 is 1.30 bits per heavy atom. The van der Waals surface area contributed by atoms with Crippen molar-refractivity contribution in [2.45, 2.75) is 56.4 Å². The molecule has 2 amide bonds. The van der Waals surface area contributed by atoms with Crippen LogP contribution in [0.3, 0.4) is 0 Å². The van der Waals surface area contributed by atoms with Gasteiger partial charge in [0.05, 0.1) is 0 Å². The summed E-state index contributed by atoms with van der Waals surface area (Å²) in [5, 5.41) is 11.9. The summed E-state index contributed by atoms with van der Waals surface area (Å²) in [6, 6.07) is 47.0. The first kappa shape index (κ1) is 47.9. The van der Waals surface area contributed by atoms with Crippen LogP contribution in [0.4, 0.5) is 5.13 Å². The number of thioether (sulfide) groups is 1. The number of aromatic nitrogens is 1. The quantitative estimate of drug-likeness (QED) is 0.0225. The van der Waals surface area contributed by atoms with E-state index in [4.69, 9.17) is 24.0 Å². The van der Waals surface area contributed by atoms with Crippen LogP contribution in [-0.2, 0) is 48.6 Å². The van der Waals surface area contributed by atoms with Crippen molar-refractivity contribution in [1.82, 2.24) is 15.2 Å². The molecule has 352 valence electrons. The maximum Gasteiger partial charge on any atom is 0.356 e. The minimum absolute atomic E-state index is 0.0732. The van der Waals surface area contributed by atoms with Gasteiger partial charge < -0.3 is 29.7 Å². The molecule has 2 aliphatic heterocycles. The number of nitrogens with one attached hydrogen (secondary N) is 2. The van der Waals surface area contributed by atoms with E-state index < -0.39 is 65.0 Å². The number of amides is 2. The standard InChI is InChI=1S/C53H49N5O9S2/c1-34(59)64-30-37-32-68-49-44(48(62)58(49)45(37)50(63)66-46(35-20-10-5-11-21-35)36-22-12-6-13-23-36)55-47(61)43(57-65-31-42(60)67-52(2,3)4)41-33-69-51(54-41)56-53(38-24-14-7-15-25-38,39-26-16-8-17-27-39)40-28-18-9-19-29-40/h5-29,33,44,46,49H,30-32H2,1-4H3,(H,54,56)(H,55,61)/t44?,49-/m1/s1. The van der Waals surface area contributed by atoms with Gasteiger partial charge in [-0.1, -0.05) is 157 Å². The molecular formula is C53H49N5O9S2. The zero-order chi connectivity index (χ0) is 48.5. The van der Waals surface area contributed by atoms with Gasteiger partial charge in [-0.25, -0.2) is 14.6 Å². The number of oxime groups is 1. The number of thiazole rings is 1. The van der Waals surface area contributed by atoms with E-state index in [1.807, 2.05) is 152 Å². The number of hydrogen-bond acceptors (Lipinski definition) is 14. The number of fused-ring (bicyclic) bond motifs is 1. The first-order valence-corrected chi connectivity index (χ1v) is 24.0. The summed E-state index contributed by atoms with van der Waals surface area (Å²) in [6.07, 6.45) is -0.836. The molecule has 0 radical (unpaired) electrons. The molecule has 6 aromatic rings. The maximum atomic E-state index is 14.5. The van der Waals surface area contributed by atoms with Crippen molar-refractivity contribution in [3.63, 3.8) is 0 Å². The highest BCUT2D eigenvalue weighted by molar-refractivity contribution is 8.00. The number of benzene rings is 5. The lowest BCUT2D eigenvalue weighted by molar-refractivity contribution is -0.160. The van der Waals surface area contributed by atoms with Crippen molar-refractivity contribution in [3.8, 4) is 0 Å². The summed E-state index contributed by atoms with van der Waals surface area (Å²) in [4.78, 5) is 79.5. The van der Waals surface area contributed by atoms with Crippen LogP contribution >= 0.6 is 23.1 Å². The number of β-lactam (4-membered cyclic amide) rings is 1. The highest BCUT2D eigenvalue weighted by atomic mass is 32.2. The fourth-order valence-corrected chi connectivity index (χ4v) is 10.1. The van der Waals surface area contributed by atoms with Crippen LogP contribution in [0, 0.1) is 0 Å². The summed E-state index contributed by atoms with van der Waals surface area (Å²) in [6.45, 7) is 5.51. The van der Waals surface area contributed by atoms with Gasteiger partial charge in [0.1, 0.15) is 40.6 Å². The molecule has 0 bridgehead atoms. The van der Waals surface area contributed by atoms with E-state index in [2.05, 4.69) is 15.8 Å². The third-order valence-corrected chi connectivity index (χ3v) is 13.1. The molecule has 5 aromatic carbocycles. The molecule has 0 spiro atoms. The van der Waals surface area contributed by atoms with Gasteiger partial charge in [-0.15, -0.1) is 23.1 Å². The molecule has 0 aliphatic carbocycles. The van der Waals surface area contributed by atoms with Gasteiger partial charge in [-0.3, -0.25) is 19.3 Å². The Labute approximate surface area is 407 Å². The Kier molecular flexibility index (Phi) is 14.7. The minimum atomic E-state index is -1.14. The molecule has 1 aromatic heterocycles. The lowest BCUT2D eigenvalue weighted by atomic mass is 9.77. The van der Waals surface area contributed by atoms with Crippen LogP contribution in [0.5, 0.6) is 0 Å². The molecule has 8 rings (SSSR count). The number of carbonyl (C=O) groups excluding carboxylic acids is 5. The van der Waals surface area contributed by atoms with Crippen molar-refractivity contribution in [2.24, 2.45) is 5.16 Å². The molecular weight excluding hydrogens is 915 g/mol. The van der Waals surface area contributed by atoms with Crippen LogP contribution < -0.4 is 10.6 Å². The first-order chi connectivity index (χ1) is 33.3. The molecule has 2 aliphatic rings. The number of hydrogen-bond donors (Lipinski definition) is 2. The molecule has 1 saturated heterocycles. The fourth-order valence-electron chi connectivity index (χ4n) is 8.03. The maximum absolute atomic E-state index is 14.5. The van der Waals surface area contributed by atoms with Crippen molar-refractivity contribution >= 4 is 63.7 Å². The second-order valence-corrected chi connectivity index (χ2v) is 19.0. The highest BCUT2D eigenvalue weighted by Crippen LogP contribution is 2.43. The Balaban J connectivity index is 1.09. The molecule has 1 fully saturated rings. The average molecular weight is 964 g/mol. The van der Waals surface area contributed by atoms with Crippen molar-refractivity contribution < 1.29 is 43.0 Å². The van der Waals surface area contributed by atoms with Gasteiger partial charge in [-0.2, -0.15) is 0 Å². The summed E-state index contributed by atoms with van der Waals surface area (Å²) in [7, 11) is 0. The van der Waals surface area contributed by atoms with E-state index in [0.717, 1.165) is 16.7 Å². The summed E-state index contributed by atoms with van der Waals surface area (Å²) in [5.41, 5.74) is 2.49. The molecule has 16 heteroatoms. The predicted octanol–water partition coefficient (Wildman–Crippen LogP) is 8.16. The summed E-state index contributed by atoms with van der Waals surface area (Å²) in [5.74, 6) is -3.37. The first-order valence-electron chi connectivity index (χ1n) is 22.1. The van der Waals surface area contributed by atoms with Crippen molar-refractivity contribution in [1.29, 1.82) is 0 Å². The van der Waals surface area contributed by atoms with Crippen molar-refractivity contribution in [3.05, 3.63) is 202 Å². The molecule has 3 heterocycles. The second-order valence-electron chi connectivity index (χ2n) is 17.0. The smallest absolute Gasteiger partial charge is 0.356 e. The fraction of sp³-hybridized carbons (Fsp3) is 0.226. The normalized spacial score (nSPS) is 15.9. The number of esters is 3. The lowest BCUT2D eigenvalue weighted by Gasteiger charge is -2.49. The number of anilines is 1. The second kappa shape index (κ2) is 21.2. The monoisotopic (exact) mass is 963 g/mol. The van der Waals surface area contributed by atoms with Crippen LogP contribution in [0.2, 0.25) is 0 Å². The van der Waals surface area contributed by atoms with E-state index >= 15 is 0 Å². The Bertz CT molecular complexity index is 2720. The predicted molar refractivity (Wildman–Crippen MR) is 263 cm³/mol. The lowest BCUT2D eigenvalue weighted by Crippen LogP contribution is -2.71. The van der Waals surface area contributed by atoms with Gasteiger partial charge in [0.15, 0.2) is 16.9 Å². The summed E-state index contributed by atoms with van der Waals surface area (Å²) >= 11 is 2.50. The third kappa shape index (κ3) is 10.9. The number of carbonyl (C=O) groups is 5. The summed E-state index contributed by atoms with van der Waals surface area (Å²) < 4.78 is 17.0. The number of rotatable bonds is 17. The molecule has 2 atom stereocenters. The van der Waals surface area contributed by atoms with E-state index in [9.17, 15) is 24.0 Å². The van der Waals surface area contributed by atoms with Crippen LogP contribution in [0.15, 0.2) is 173 Å². The molecule has 69 heavy (non-hydrogen) atoms. The molecule has 1 unspecified atom stereocenters. The van der Waals surface area contributed by atoms with E-state index in [1.165, 1.54) is 34.9 Å². The van der Waals surface area contributed by atoms with Gasteiger partial charge in [0.25, 0.3) is 11.8 Å². The van der Waals surface area contributed by atoms with E-state index in [-0.39, 0.29) is 29.5 Å². The van der Waals surface area contributed by atoms with Crippen molar-refractivity contribution in [2.75, 3.05) is 24.3 Å². The van der Waals surface area contributed by atoms with Gasteiger partial charge in [-0.05, 0) is 48.6 Å². The molecule has 14 nitrogen and oxygen atoms in total. The van der Waals surface area contributed by atoms with Crippen LogP contribution in [0.1, 0.15) is 67.3 Å². The largest absolute Gasteiger partial charge is 0.461 e. The minimum Gasteiger partial charge on any atom is -0.461 e. The van der Waals surface area contributed by atoms with Crippen LogP contribution in [-0.4, -0.2) is 81.3 Å². The Morgan fingerprint density at radius 3 is 1.81 bits per heavy atom. The Morgan fingerprint density at radius 1 is 0.783 bits per heavy atom. The zero-order valence-electron chi connectivity index (χ0n) is 38.2.